The fourth-order valence-corrected chi connectivity index (χ4v) is 1.99. The van der Waals surface area contributed by atoms with Crippen LogP contribution in [-0.4, -0.2) is 49.2 Å². The third kappa shape index (κ3) is 5.25. The summed E-state index contributed by atoms with van der Waals surface area (Å²) in [6.07, 6.45) is 1.66. The number of hydrogen-bond donors (Lipinski definition) is 3. The molecule has 7 heteroatoms. The van der Waals surface area contributed by atoms with E-state index in [9.17, 15) is 14.4 Å². The van der Waals surface area contributed by atoms with Crippen molar-refractivity contribution >= 4 is 17.8 Å². The summed E-state index contributed by atoms with van der Waals surface area (Å²) in [6, 6.07) is -1.05. The number of carbonyl (C=O) groups is 3. The Morgan fingerprint density at radius 3 is 2.74 bits per heavy atom. The van der Waals surface area contributed by atoms with Crippen molar-refractivity contribution in [1.29, 1.82) is 0 Å². The van der Waals surface area contributed by atoms with Gasteiger partial charge in [0.2, 0.25) is 5.91 Å². The maximum atomic E-state index is 11.9. The Hall–Kier alpha value is -1.63. The molecule has 1 aliphatic heterocycles. The third-order valence-electron chi connectivity index (χ3n) is 3.15. The number of carboxylic acids is 1. The Morgan fingerprint density at radius 1 is 1.47 bits per heavy atom. The Kier molecular flexibility index (Phi) is 6.27. The smallest absolute Gasteiger partial charge is 0.326 e. The van der Waals surface area contributed by atoms with Crippen LogP contribution in [0.25, 0.3) is 0 Å². The van der Waals surface area contributed by atoms with Gasteiger partial charge in [0, 0.05) is 13.0 Å². The molecule has 1 fully saturated rings. The van der Waals surface area contributed by atoms with E-state index in [4.69, 9.17) is 5.11 Å². The van der Waals surface area contributed by atoms with Crippen molar-refractivity contribution in [3.8, 4) is 0 Å². The second-order valence-electron chi connectivity index (χ2n) is 4.56. The van der Waals surface area contributed by atoms with Gasteiger partial charge < -0.3 is 20.5 Å². The molecule has 0 aromatic carbocycles. The highest BCUT2D eigenvalue weighted by molar-refractivity contribution is 5.85. The summed E-state index contributed by atoms with van der Waals surface area (Å²) in [5.74, 6) is -2.10. The molecule has 0 aromatic rings. The predicted molar refractivity (Wildman–Crippen MR) is 66.4 cm³/mol. The van der Waals surface area contributed by atoms with Crippen LogP contribution >= 0.6 is 0 Å². The summed E-state index contributed by atoms with van der Waals surface area (Å²) in [5, 5.41) is 14.6. The van der Waals surface area contributed by atoms with E-state index in [2.05, 4.69) is 15.4 Å². The molecule has 1 rings (SSSR count). The van der Waals surface area contributed by atoms with Gasteiger partial charge in [-0.3, -0.25) is 9.59 Å². The first-order valence-corrected chi connectivity index (χ1v) is 6.35. The molecule has 0 radical (unpaired) electrons. The van der Waals surface area contributed by atoms with Crippen LogP contribution in [0, 0.1) is 5.92 Å². The highest BCUT2D eigenvalue weighted by atomic mass is 16.5. The van der Waals surface area contributed by atoms with E-state index < -0.39 is 18.0 Å². The number of amides is 1. The first-order chi connectivity index (χ1) is 9.04. The van der Waals surface area contributed by atoms with Crippen LogP contribution in [0.3, 0.4) is 0 Å². The highest BCUT2D eigenvalue weighted by Gasteiger charge is 2.26. The fourth-order valence-electron chi connectivity index (χ4n) is 1.99. The minimum Gasteiger partial charge on any atom is -0.480 e. The monoisotopic (exact) mass is 272 g/mol. The average molecular weight is 272 g/mol. The van der Waals surface area contributed by atoms with Crippen LogP contribution in [0.1, 0.15) is 25.7 Å². The number of ether oxygens (including phenoxy) is 1. The minimum atomic E-state index is -1.14. The van der Waals surface area contributed by atoms with E-state index >= 15 is 0 Å². The van der Waals surface area contributed by atoms with Crippen molar-refractivity contribution in [2.24, 2.45) is 5.92 Å². The molecule has 1 heterocycles. The Bertz CT molecular complexity index is 339. The average Bonchev–Trinajstić information content (AvgIpc) is 2.43. The molecule has 1 amide bonds. The lowest BCUT2D eigenvalue weighted by molar-refractivity contribution is -0.144. The fraction of sp³-hybridized carbons (Fsp3) is 0.750. The van der Waals surface area contributed by atoms with E-state index in [1.165, 1.54) is 7.11 Å². The summed E-state index contributed by atoms with van der Waals surface area (Å²) in [6.45, 7) is 1.45. The van der Waals surface area contributed by atoms with Gasteiger partial charge in [0.25, 0.3) is 0 Å². The SMILES string of the molecule is COC(=O)CC[C@H](NC(=O)C1CCCNC1)C(=O)O. The molecule has 0 aliphatic carbocycles. The Labute approximate surface area is 111 Å². The van der Waals surface area contributed by atoms with Gasteiger partial charge in [0.05, 0.1) is 13.0 Å². The summed E-state index contributed by atoms with van der Waals surface area (Å²) in [4.78, 5) is 33.9. The van der Waals surface area contributed by atoms with E-state index in [1.54, 1.807) is 0 Å². The second-order valence-corrected chi connectivity index (χ2v) is 4.56. The number of aliphatic carboxylic acids is 1. The molecule has 1 unspecified atom stereocenters. The number of methoxy groups -OCH3 is 1. The van der Waals surface area contributed by atoms with Crippen molar-refractivity contribution in [3.05, 3.63) is 0 Å². The molecular weight excluding hydrogens is 252 g/mol. The molecule has 19 heavy (non-hydrogen) atoms. The van der Waals surface area contributed by atoms with Gasteiger partial charge in [-0.25, -0.2) is 4.79 Å². The maximum Gasteiger partial charge on any atom is 0.326 e. The van der Waals surface area contributed by atoms with Gasteiger partial charge in [-0.05, 0) is 25.8 Å². The lowest BCUT2D eigenvalue weighted by Crippen LogP contribution is -2.47. The molecule has 1 aliphatic rings. The molecular formula is C12H20N2O5. The quantitative estimate of drug-likeness (QED) is 0.563. The number of carboxylic acid groups (broad SMARTS) is 1. The van der Waals surface area contributed by atoms with Crippen molar-refractivity contribution in [1.82, 2.24) is 10.6 Å². The van der Waals surface area contributed by atoms with Gasteiger partial charge in [-0.1, -0.05) is 0 Å². The number of esters is 1. The number of piperidine rings is 1. The van der Waals surface area contributed by atoms with E-state index in [1.807, 2.05) is 0 Å². The number of rotatable bonds is 6. The van der Waals surface area contributed by atoms with Crippen LogP contribution in [0.2, 0.25) is 0 Å². The summed E-state index contributed by atoms with van der Waals surface area (Å²) in [5.41, 5.74) is 0. The normalized spacial score (nSPS) is 20.4. The molecule has 0 saturated carbocycles. The summed E-state index contributed by atoms with van der Waals surface area (Å²) in [7, 11) is 1.24. The Morgan fingerprint density at radius 2 is 2.21 bits per heavy atom. The Balaban J connectivity index is 2.45. The molecule has 0 bridgehead atoms. The molecule has 0 spiro atoms. The van der Waals surface area contributed by atoms with Crippen LogP contribution in [0.4, 0.5) is 0 Å². The van der Waals surface area contributed by atoms with Crippen LogP contribution in [0.15, 0.2) is 0 Å². The first kappa shape index (κ1) is 15.4. The van der Waals surface area contributed by atoms with Crippen LogP contribution in [-0.2, 0) is 19.1 Å². The number of nitrogens with one attached hydrogen (secondary N) is 2. The third-order valence-corrected chi connectivity index (χ3v) is 3.15. The second kappa shape index (κ2) is 7.73. The van der Waals surface area contributed by atoms with E-state index in [0.717, 1.165) is 19.4 Å². The molecule has 7 nitrogen and oxygen atoms in total. The van der Waals surface area contributed by atoms with Crippen molar-refractivity contribution < 1.29 is 24.2 Å². The van der Waals surface area contributed by atoms with E-state index in [0.29, 0.717) is 6.54 Å². The minimum absolute atomic E-state index is 0.0311. The first-order valence-electron chi connectivity index (χ1n) is 6.35. The van der Waals surface area contributed by atoms with Gasteiger partial charge in [0.15, 0.2) is 0 Å². The topological polar surface area (TPSA) is 105 Å². The van der Waals surface area contributed by atoms with Crippen LogP contribution < -0.4 is 10.6 Å². The van der Waals surface area contributed by atoms with Gasteiger partial charge in [-0.15, -0.1) is 0 Å². The predicted octanol–water partition coefficient (Wildman–Crippen LogP) is -0.491. The van der Waals surface area contributed by atoms with Crippen LogP contribution in [0.5, 0.6) is 0 Å². The van der Waals surface area contributed by atoms with Crippen molar-refractivity contribution in [3.63, 3.8) is 0 Å². The lowest BCUT2D eigenvalue weighted by atomic mass is 9.98. The zero-order valence-electron chi connectivity index (χ0n) is 11.0. The highest BCUT2D eigenvalue weighted by Crippen LogP contribution is 2.11. The number of hydrogen-bond acceptors (Lipinski definition) is 5. The van der Waals surface area contributed by atoms with Crippen molar-refractivity contribution in [2.45, 2.75) is 31.7 Å². The molecule has 2 atom stereocenters. The van der Waals surface area contributed by atoms with Gasteiger partial charge in [-0.2, -0.15) is 0 Å². The standard InChI is InChI=1S/C12H20N2O5/c1-19-10(15)5-4-9(12(17)18)14-11(16)8-3-2-6-13-7-8/h8-9,13H,2-7H2,1H3,(H,14,16)(H,17,18)/t8?,9-/m0/s1. The van der Waals surface area contributed by atoms with Gasteiger partial charge in [0.1, 0.15) is 6.04 Å². The van der Waals surface area contributed by atoms with E-state index in [-0.39, 0.29) is 24.7 Å². The summed E-state index contributed by atoms with van der Waals surface area (Å²) >= 11 is 0. The molecule has 1 saturated heterocycles. The molecule has 0 aromatic heterocycles. The van der Waals surface area contributed by atoms with Crippen molar-refractivity contribution in [2.75, 3.05) is 20.2 Å². The number of carbonyl (C=O) groups excluding carboxylic acids is 2. The molecule has 3 N–H and O–H groups in total. The van der Waals surface area contributed by atoms with Gasteiger partial charge >= 0.3 is 11.9 Å². The zero-order valence-corrected chi connectivity index (χ0v) is 11.0. The largest absolute Gasteiger partial charge is 0.480 e. The lowest BCUT2D eigenvalue weighted by Gasteiger charge is -2.23. The molecule has 108 valence electrons. The summed E-state index contributed by atoms with van der Waals surface area (Å²) < 4.78 is 4.45. The zero-order chi connectivity index (χ0) is 14.3. The maximum absolute atomic E-state index is 11.9.